The highest BCUT2D eigenvalue weighted by atomic mass is 16.3. The standard InChI is InChI=1S/C13H25N3O2/c1-11(17)15-7-8-16(10-13(18)9-15)12-3-5-14(2)6-4-12/h12-13,18H,3-10H2,1-2H3. The summed E-state index contributed by atoms with van der Waals surface area (Å²) in [6.45, 7) is 6.68. The highest BCUT2D eigenvalue weighted by Crippen LogP contribution is 2.17. The van der Waals surface area contributed by atoms with Gasteiger partial charge in [-0.05, 0) is 33.0 Å². The largest absolute Gasteiger partial charge is 0.390 e. The summed E-state index contributed by atoms with van der Waals surface area (Å²) in [5, 5.41) is 10.0. The Hall–Kier alpha value is -0.650. The van der Waals surface area contributed by atoms with E-state index in [0.717, 1.165) is 26.2 Å². The van der Waals surface area contributed by atoms with Crippen LogP contribution in [0.3, 0.4) is 0 Å². The lowest BCUT2D eigenvalue weighted by molar-refractivity contribution is -0.129. The monoisotopic (exact) mass is 255 g/mol. The van der Waals surface area contributed by atoms with Crippen molar-refractivity contribution in [2.75, 3.05) is 46.3 Å². The predicted octanol–water partition coefficient (Wildman–Crippen LogP) is -0.394. The van der Waals surface area contributed by atoms with Crippen LogP contribution >= 0.6 is 0 Å². The Kier molecular flexibility index (Phi) is 4.59. The van der Waals surface area contributed by atoms with Gasteiger partial charge in [-0.15, -0.1) is 0 Å². The van der Waals surface area contributed by atoms with E-state index in [1.807, 2.05) is 0 Å². The third kappa shape index (κ3) is 3.43. The lowest BCUT2D eigenvalue weighted by Crippen LogP contribution is -2.46. The summed E-state index contributed by atoms with van der Waals surface area (Å²) < 4.78 is 0. The van der Waals surface area contributed by atoms with Gasteiger partial charge in [-0.2, -0.15) is 0 Å². The molecule has 5 heteroatoms. The van der Waals surface area contributed by atoms with Crippen LogP contribution in [-0.4, -0.2) is 84.2 Å². The first-order chi connectivity index (χ1) is 8.56. The number of aliphatic hydroxyl groups excluding tert-OH is 1. The normalized spacial score (nSPS) is 29.3. The van der Waals surface area contributed by atoms with Crippen LogP contribution in [0.4, 0.5) is 0 Å². The number of likely N-dealkylation sites (tertiary alicyclic amines) is 1. The lowest BCUT2D eigenvalue weighted by Gasteiger charge is -2.37. The molecule has 0 spiro atoms. The first kappa shape index (κ1) is 13.8. The highest BCUT2D eigenvalue weighted by molar-refractivity contribution is 5.73. The van der Waals surface area contributed by atoms with Crippen LogP contribution in [0.15, 0.2) is 0 Å². The summed E-state index contributed by atoms with van der Waals surface area (Å²) in [6, 6.07) is 0.572. The van der Waals surface area contributed by atoms with Crippen LogP contribution in [0.5, 0.6) is 0 Å². The fraction of sp³-hybridized carbons (Fsp3) is 0.923. The van der Waals surface area contributed by atoms with Crippen LogP contribution in [0, 0.1) is 0 Å². The zero-order valence-electron chi connectivity index (χ0n) is 11.5. The molecule has 1 unspecified atom stereocenters. The van der Waals surface area contributed by atoms with Gasteiger partial charge in [0.15, 0.2) is 0 Å². The van der Waals surface area contributed by atoms with E-state index in [1.54, 1.807) is 11.8 Å². The molecule has 1 atom stereocenters. The van der Waals surface area contributed by atoms with Crippen molar-refractivity contribution >= 4 is 5.91 Å². The van der Waals surface area contributed by atoms with E-state index < -0.39 is 6.10 Å². The van der Waals surface area contributed by atoms with E-state index in [0.29, 0.717) is 19.1 Å². The predicted molar refractivity (Wildman–Crippen MR) is 70.4 cm³/mol. The van der Waals surface area contributed by atoms with Gasteiger partial charge < -0.3 is 14.9 Å². The van der Waals surface area contributed by atoms with Gasteiger partial charge in [-0.1, -0.05) is 0 Å². The molecule has 2 heterocycles. The average Bonchev–Trinajstić information content (AvgIpc) is 2.52. The molecule has 2 saturated heterocycles. The molecule has 0 bridgehead atoms. The highest BCUT2D eigenvalue weighted by Gasteiger charge is 2.28. The van der Waals surface area contributed by atoms with E-state index in [-0.39, 0.29) is 5.91 Å². The van der Waals surface area contributed by atoms with E-state index in [4.69, 9.17) is 0 Å². The van der Waals surface area contributed by atoms with Crippen LogP contribution in [0.2, 0.25) is 0 Å². The molecule has 0 aromatic carbocycles. The topological polar surface area (TPSA) is 47.0 Å². The van der Waals surface area contributed by atoms with Crippen molar-refractivity contribution in [2.45, 2.75) is 31.9 Å². The van der Waals surface area contributed by atoms with Gasteiger partial charge in [0.2, 0.25) is 5.91 Å². The second-order valence-corrected chi connectivity index (χ2v) is 5.65. The molecule has 2 aliphatic heterocycles. The number of nitrogens with zero attached hydrogens (tertiary/aromatic N) is 3. The molecular weight excluding hydrogens is 230 g/mol. The minimum absolute atomic E-state index is 0.0688. The molecule has 2 rings (SSSR count). The number of amides is 1. The van der Waals surface area contributed by atoms with E-state index in [2.05, 4.69) is 16.8 Å². The number of hydrogen-bond acceptors (Lipinski definition) is 4. The van der Waals surface area contributed by atoms with Gasteiger partial charge in [0, 0.05) is 39.1 Å². The second kappa shape index (κ2) is 5.99. The Morgan fingerprint density at radius 3 is 2.39 bits per heavy atom. The first-order valence-corrected chi connectivity index (χ1v) is 6.92. The van der Waals surface area contributed by atoms with Gasteiger partial charge >= 0.3 is 0 Å². The fourth-order valence-corrected chi connectivity index (χ4v) is 2.99. The summed E-state index contributed by atoms with van der Waals surface area (Å²) in [6.07, 6.45) is 1.93. The van der Waals surface area contributed by atoms with E-state index in [1.165, 1.54) is 12.8 Å². The Labute approximate surface area is 109 Å². The minimum Gasteiger partial charge on any atom is -0.390 e. The maximum atomic E-state index is 11.4. The minimum atomic E-state index is -0.406. The van der Waals surface area contributed by atoms with Crippen LogP contribution in [0.25, 0.3) is 0 Å². The van der Waals surface area contributed by atoms with E-state index >= 15 is 0 Å². The van der Waals surface area contributed by atoms with Crippen LogP contribution in [-0.2, 0) is 4.79 Å². The Bertz CT molecular complexity index is 290. The van der Waals surface area contributed by atoms with Crippen molar-refractivity contribution in [3.05, 3.63) is 0 Å². The third-order valence-electron chi connectivity index (χ3n) is 4.18. The number of aliphatic hydroxyl groups is 1. The molecule has 0 radical (unpaired) electrons. The van der Waals surface area contributed by atoms with Gasteiger partial charge in [0.25, 0.3) is 0 Å². The van der Waals surface area contributed by atoms with Crippen molar-refractivity contribution in [1.29, 1.82) is 0 Å². The number of carbonyl (C=O) groups excluding carboxylic acids is 1. The maximum Gasteiger partial charge on any atom is 0.219 e. The second-order valence-electron chi connectivity index (χ2n) is 5.65. The van der Waals surface area contributed by atoms with Gasteiger partial charge in [0.05, 0.1) is 6.10 Å². The summed E-state index contributed by atoms with van der Waals surface area (Å²) >= 11 is 0. The van der Waals surface area contributed by atoms with E-state index in [9.17, 15) is 9.90 Å². The summed E-state index contributed by atoms with van der Waals surface area (Å²) in [5.41, 5.74) is 0. The molecule has 104 valence electrons. The van der Waals surface area contributed by atoms with Gasteiger partial charge in [-0.3, -0.25) is 9.69 Å². The summed E-state index contributed by atoms with van der Waals surface area (Å²) in [4.78, 5) is 17.9. The van der Waals surface area contributed by atoms with Crippen molar-refractivity contribution in [1.82, 2.24) is 14.7 Å². The SMILES string of the molecule is CC(=O)N1CCN(C2CCN(C)CC2)CC(O)C1. The number of β-amino-alcohol motifs (C(OH)–C–C–N with tert-alkyl or cyclic N) is 1. The zero-order chi connectivity index (χ0) is 13.1. The third-order valence-corrected chi connectivity index (χ3v) is 4.18. The van der Waals surface area contributed by atoms with Crippen molar-refractivity contribution in [2.24, 2.45) is 0 Å². The molecule has 1 N–H and O–H groups in total. The number of rotatable bonds is 1. The van der Waals surface area contributed by atoms with Gasteiger partial charge in [0.1, 0.15) is 0 Å². The molecule has 18 heavy (non-hydrogen) atoms. The number of carbonyl (C=O) groups is 1. The number of piperidine rings is 1. The van der Waals surface area contributed by atoms with Crippen LogP contribution < -0.4 is 0 Å². The molecule has 5 nitrogen and oxygen atoms in total. The lowest BCUT2D eigenvalue weighted by atomic mass is 10.0. The average molecular weight is 255 g/mol. The fourth-order valence-electron chi connectivity index (χ4n) is 2.99. The Morgan fingerprint density at radius 1 is 1.11 bits per heavy atom. The van der Waals surface area contributed by atoms with Gasteiger partial charge in [-0.25, -0.2) is 0 Å². The molecule has 0 aliphatic carbocycles. The quantitative estimate of drug-likeness (QED) is 0.693. The first-order valence-electron chi connectivity index (χ1n) is 6.92. The molecule has 0 aromatic rings. The van der Waals surface area contributed by atoms with Crippen molar-refractivity contribution in [3.8, 4) is 0 Å². The van der Waals surface area contributed by atoms with Crippen LogP contribution in [0.1, 0.15) is 19.8 Å². The van der Waals surface area contributed by atoms with Crippen molar-refractivity contribution < 1.29 is 9.90 Å². The molecule has 1 amide bonds. The summed E-state index contributed by atoms with van der Waals surface area (Å²) in [7, 11) is 2.16. The molecule has 2 fully saturated rings. The zero-order valence-corrected chi connectivity index (χ0v) is 11.5. The smallest absolute Gasteiger partial charge is 0.219 e. The number of hydrogen-bond donors (Lipinski definition) is 1. The molecule has 0 aromatic heterocycles. The van der Waals surface area contributed by atoms with Crippen molar-refractivity contribution in [3.63, 3.8) is 0 Å². The maximum absolute atomic E-state index is 11.4. The molecular formula is C13H25N3O2. The molecule has 0 saturated carbocycles. The molecule has 2 aliphatic rings. The Morgan fingerprint density at radius 2 is 1.78 bits per heavy atom. The summed E-state index contributed by atoms with van der Waals surface area (Å²) in [5.74, 6) is 0.0688. The Balaban J connectivity index is 1.91.